The van der Waals surface area contributed by atoms with Gasteiger partial charge in [0.15, 0.2) is 0 Å². The van der Waals surface area contributed by atoms with Crippen molar-refractivity contribution in [1.82, 2.24) is 9.80 Å². The highest BCUT2D eigenvalue weighted by Crippen LogP contribution is 2.19. The Balaban J connectivity index is 2.16. The minimum atomic E-state index is 0.0265. The molecule has 0 radical (unpaired) electrons. The molecule has 1 fully saturated rings. The summed E-state index contributed by atoms with van der Waals surface area (Å²) in [5.74, 6) is 0.0265. The third kappa shape index (κ3) is 2.86. The number of carbonyl (C=O) groups is 2. The molecule has 1 saturated heterocycles. The van der Waals surface area contributed by atoms with Crippen LogP contribution in [0.15, 0.2) is 18.2 Å². The van der Waals surface area contributed by atoms with Gasteiger partial charge in [-0.25, -0.2) is 0 Å². The lowest BCUT2D eigenvalue weighted by molar-refractivity contribution is -0.119. The maximum Gasteiger partial charge on any atom is 0.256 e. The summed E-state index contributed by atoms with van der Waals surface area (Å²) in [6.45, 7) is 4.37. The molecule has 1 aromatic rings. The molecule has 1 aromatic carbocycles. The number of nitrogens with zero attached hydrogens (tertiary/aromatic N) is 2. The Labute approximate surface area is 113 Å². The predicted molar refractivity (Wildman–Crippen MR) is 74.3 cm³/mol. The van der Waals surface area contributed by atoms with Crippen LogP contribution in [0.2, 0.25) is 0 Å². The second kappa shape index (κ2) is 5.73. The number of rotatable bonds is 3. The maximum absolute atomic E-state index is 12.5. The summed E-state index contributed by atoms with van der Waals surface area (Å²) < 4.78 is 0. The molecule has 2 amide bonds. The van der Waals surface area contributed by atoms with Gasteiger partial charge in [0.05, 0.1) is 5.56 Å². The Kier molecular flexibility index (Phi) is 4.04. The smallest absolute Gasteiger partial charge is 0.256 e. The zero-order chi connectivity index (χ0) is 13.8. The predicted octanol–water partition coefficient (Wildman–Crippen LogP) is 0.951. The lowest BCUT2D eigenvalue weighted by Gasteiger charge is -2.33. The van der Waals surface area contributed by atoms with Crippen LogP contribution in [0.4, 0.5) is 5.69 Å². The molecule has 1 heterocycles. The van der Waals surface area contributed by atoms with E-state index in [1.807, 2.05) is 32.2 Å². The van der Waals surface area contributed by atoms with Crippen molar-refractivity contribution in [1.29, 1.82) is 0 Å². The van der Waals surface area contributed by atoms with Crippen LogP contribution < -0.4 is 5.32 Å². The summed E-state index contributed by atoms with van der Waals surface area (Å²) in [7, 11) is 1.81. The Hall–Kier alpha value is -2.04. The molecule has 102 valence electrons. The summed E-state index contributed by atoms with van der Waals surface area (Å²) in [4.78, 5) is 26.7. The fourth-order valence-electron chi connectivity index (χ4n) is 2.25. The highest BCUT2D eigenvalue weighted by atomic mass is 16.2. The molecule has 1 aliphatic rings. The molecule has 0 bridgehead atoms. The second-order valence-corrected chi connectivity index (χ2v) is 4.73. The van der Waals surface area contributed by atoms with E-state index < -0.39 is 0 Å². The highest BCUT2D eigenvalue weighted by molar-refractivity contribution is 5.99. The Morgan fingerprint density at radius 3 is 2.53 bits per heavy atom. The van der Waals surface area contributed by atoms with Crippen molar-refractivity contribution in [2.45, 2.75) is 6.92 Å². The SMILES string of the molecule is CNc1ccc(C)cc1C(=O)N1CCN(C=O)CC1. The van der Waals surface area contributed by atoms with E-state index in [1.54, 1.807) is 9.80 Å². The fourth-order valence-corrected chi connectivity index (χ4v) is 2.25. The molecule has 0 spiro atoms. The van der Waals surface area contributed by atoms with Gasteiger partial charge in [0, 0.05) is 38.9 Å². The van der Waals surface area contributed by atoms with Crippen molar-refractivity contribution >= 4 is 18.0 Å². The van der Waals surface area contributed by atoms with Crippen LogP contribution >= 0.6 is 0 Å². The first-order chi connectivity index (χ1) is 9.15. The summed E-state index contributed by atoms with van der Waals surface area (Å²) in [6.07, 6.45) is 0.841. The van der Waals surface area contributed by atoms with Crippen molar-refractivity contribution in [2.24, 2.45) is 0 Å². The van der Waals surface area contributed by atoms with Crippen molar-refractivity contribution in [2.75, 3.05) is 38.5 Å². The largest absolute Gasteiger partial charge is 0.387 e. The molecular weight excluding hydrogens is 242 g/mol. The first-order valence-corrected chi connectivity index (χ1v) is 6.42. The molecule has 19 heavy (non-hydrogen) atoms. The van der Waals surface area contributed by atoms with Gasteiger partial charge in [-0.1, -0.05) is 11.6 Å². The van der Waals surface area contributed by atoms with Gasteiger partial charge in [-0.05, 0) is 19.1 Å². The molecule has 2 rings (SSSR count). The number of amides is 2. The standard InChI is InChI=1S/C14H19N3O2/c1-11-3-4-13(15-2)12(9-11)14(19)17-7-5-16(10-18)6-8-17/h3-4,9-10,15H,5-8H2,1-2H3. The fraction of sp³-hybridized carbons (Fsp3) is 0.429. The van der Waals surface area contributed by atoms with Gasteiger partial charge >= 0.3 is 0 Å². The van der Waals surface area contributed by atoms with Crippen LogP contribution in [0, 0.1) is 6.92 Å². The van der Waals surface area contributed by atoms with Crippen molar-refractivity contribution < 1.29 is 9.59 Å². The topological polar surface area (TPSA) is 52.7 Å². The lowest BCUT2D eigenvalue weighted by atomic mass is 10.1. The highest BCUT2D eigenvalue weighted by Gasteiger charge is 2.23. The van der Waals surface area contributed by atoms with E-state index >= 15 is 0 Å². The zero-order valence-corrected chi connectivity index (χ0v) is 11.3. The van der Waals surface area contributed by atoms with E-state index in [0.29, 0.717) is 31.7 Å². The molecule has 0 unspecified atom stereocenters. The molecule has 0 aromatic heterocycles. The number of hydrogen-bond acceptors (Lipinski definition) is 3. The number of nitrogens with one attached hydrogen (secondary N) is 1. The normalized spacial score (nSPS) is 15.3. The van der Waals surface area contributed by atoms with Gasteiger partial charge in [-0.3, -0.25) is 9.59 Å². The summed E-state index contributed by atoms with van der Waals surface area (Å²) in [6, 6.07) is 5.80. The number of piperazine rings is 1. The molecule has 0 aliphatic carbocycles. The van der Waals surface area contributed by atoms with E-state index in [2.05, 4.69) is 5.32 Å². The summed E-state index contributed by atoms with van der Waals surface area (Å²) in [5, 5.41) is 3.05. The molecule has 0 atom stereocenters. The van der Waals surface area contributed by atoms with Crippen LogP contribution in [0.3, 0.4) is 0 Å². The molecule has 5 nitrogen and oxygen atoms in total. The van der Waals surface area contributed by atoms with Gasteiger partial charge < -0.3 is 15.1 Å². The number of hydrogen-bond donors (Lipinski definition) is 1. The lowest BCUT2D eigenvalue weighted by Crippen LogP contribution is -2.48. The Morgan fingerprint density at radius 1 is 1.26 bits per heavy atom. The zero-order valence-electron chi connectivity index (χ0n) is 11.3. The first kappa shape index (κ1) is 13.4. The minimum absolute atomic E-state index is 0.0265. The molecule has 0 saturated carbocycles. The summed E-state index contributed by atoms with van der Waals surface area (Å²) >= 11 is 0. The second-order valence-electron chi connectivity index (χ2n) is 4.73. The van der Waals surface area contributed by atoms with Crippen molar-refractivity contribution in [3.05, 3.63) is 29.3 Å². The number of benzene rings is 1. The van der Waals surface area contributed by atoms with Gasteiger partial charge in [-0.2, -0.15) is 0 Å². The quantitative estimate of drug-likeness (QED) is 0.824. The number of aryl methyl sites for hydroxylation is 1. The van der Waals surface area contributed by atoms with Gasteiger partial charge in [0.25, 0.3) is 5.91 Å². The molecule has 1 N–H and O–H groups in total. The average molecular weight is 261 g/mol. The maximum atomic E-state index is 12.5. The molecule has 5 heteroatoms. The third-order valence-corrected chi connectivity index (χ3v) is 3.43. The van der Waals surface area contributed by atoms with E-state index in [1.165, 1.54) is 0 Å². The number of carbonyl (C=O) groups excluding carboxylic acids is 2. The average Bonchev–Trinajstić information content (AvgIpc) is 2.46. The summed E-state index contributed by atoms with van der Waals surface area (Å²) in [5.41, 5.74) is 2.60. The van der Waals surface area contributed by atoms with Crippen molar-refractivity contribution in [3.63, 3.8) is 0 Å². The minimum Gasteiger partial charge on any atom is -0.387 e. The van der Waals surface area contributed by atoms with E-state index in [-0.39, 0.29) is 5.91 Å². The Bertz CT molecular complexity index is 480. The van der Waals surface area contributed by atoms with Crippen LogP contribution in [0.25, 0.3) is 0 Å². The number of anilines is 1. The van der Waals surface area contributed by atoms with Crippen LogP contribution in [0.5, 0.6) is 0 Å². The third-order valence-electron chi connectivity index (χ3n) is 3.43. The van der Waals surface area contributed by atoms with E-state index in [9.17, 15) is 9.59 Å². The van der Waals surface area contributed by atoms with E-state index in [4.69, 9.17) is 0 Å². The van der Waals surface area contributed by atoms with Gasteiger partial charge in [0.2, 0.25) is 6.41 Å². The monoisotopic (exact) mass is 261 g/mol. The van der Waals surface area contributed by atoms with Gasteiger partial charge in [0.1, 0.15) is 0 Å². The molecule has 1 aliphatic heterocycles. The van der Waals surface area contributed by atoms with Crippen LogP contribution in [0.1, 0.15) is 15.9 Å². The molecular formula is C14H19N3O2. The van der Waals surface area contributed by atoms with E-state index in [0.717, 1.165) is 17.7 Å². The Morgan fingerprint density at radius 2 is 1.95 bits per heavy atom. The van der Waals surface area contributed by atoms with Crippen LogP contribution in [-0.2, 0) is 4.79 Å². The van der Waals surface area contributed by atoms with Crippen molar-refractivity contribution in [3.8, 4) is 0 Å². The first-order valence-electron chi connectivity index (χ1n) is 6.42. The van der Waals surface area contributed by atoms with Gasteiger partial charge in [-0.15, -0.1) is 0 Å². The van der Waals surface area contributed by atoms with Crippen LogP contribution in [-0.4, -0.2) is 55.3 Å².